The highest BCUT2D eigenvalue weighted by Crippen LogP contribution is 2.26. The van der Waals surface area contributed by atoms with E-state index in [2.05, 4.69) is 4.98 Å². The number of rotatable bonds is 2. The van der Waals surface area contributed by atoms with Gasteiger partial charge in [0.05, 0.1) is 11.0 Å². The van der Waals surface area contributed by atoms with Crippen molar-refractivity contribution in [2.45, 2.75) is 0 Å². The molecule has 2 heterocycles. The summed E-state index contributed by atoms with van der Waals surface area (Å²) in [6.07, 6.45) is 3.77. The number of hydrogen-bond acceptors (Lipinski definition) is 4. The Labute approximate surface area is 131 Å². The number of hydrogen-bond donors (Lipinski definition) is 0. The second-order valence-electron chi connectivity index (χ2n) is 4.19. The third-order valence-corrected chi connectivity index (χ3v) is 2.77. The number of benzene rings is 1. The zero-order valence-electron chi connectivity index (χ0n) is 10.5. The molecule has 0 atom stereocenters. The van der Waals surface area contributed by atoms with E-state index in [4.69, 9.17) is 4.42 Å². The molecule has 1 aromatic carbocycles. The topological polar surface area (TPSA) is 73.0 Å². The number of oxazole rings is 1. The van der Waals surface area contributed by atoms with Crippen molar-refractivity contribution in [2.75, 3.05) is 0 Å². The molecule has 0 fully saturated rings. The molecule has 3 aromatic rings. The molecule has 0 bridgehead atoms. The van der Waals surface area contributed by atoms with E-state index >= 15 is 0 Å². The van der Waals surface area contributed by atoms with Crippen LogP contribution in [0.2, 0.25) is 0 Å². The molecule has 0 spiro atoms. The van der Waals surface area contributed by atoms with Crippen LogP contribution in [0.15, 0.2) is 47.1 Å². The first-order chi connectivity index (χ1) is 9.13. The largest absolute Gasteiger partial charge is 1.00 e. The Morgan fingerprint density at radius 3 is 2.85 bits per heavy atom. The van der Waals surface area contributed by atoms with E-state index in [1.165, 1.54) is 12.1 Å². The SMILES string of the molecule is C[n+]1cccc(-c2nc3ccc([N+](=O)[O-])cc3o2)c1.[I-]. The van der Waals surface area contributed by atoms with Crippen molar-refractivity contribution in [1.29, 1.82) is 0 Å². The molecule has 0 saturated carbocycles. The van der Waals surface area contributed by atoms with Crippen molar-refractivity contribution in [3.63, 3.8) is 0 Å². The van der Waals surface area contributed by atoms with E-state index in [1.807, 2.05) is 36.1 Å². The molecule has 0 aliphatic carbocycles. The summed E-state index contributed by atoms with van der Waals surface area (Å²) in [6.45, 7) is 0. The lowest BCUT2D eigenvalue weighted by Crippen LogP contribution is -3.00. The predicted molar refractivity (Wildman–Crippen MR) is 67.3 cm³/mol. The van der Waals surface area contributed by atoms with Crippen molar-refractivity contribution < 1.29 is 37.9 Å². The van der Waals surface area contributed by atoms with Gasteiger partial charge in [-0.05, 0) is 12.1 Å². The average molecular weight is 383 g/mol. The van der Waals surface area contributed by atoms with Crippen LogP contribution < -0.4 is 28.5 Å². The molecule has 0 unspecified atom stereocenters. The van der Waals surface area contributed by atoms with Gasteiger partial charge < -0.3 is 28.4 Å². The molecule has 0 saturated heterocycles. The van der Waals surface area contributed by atoms with Crippen molar-refractivity contribution in [1.82, 2.24) is 4.98 Å². The summed E-state index contributed by atoms with van der Waals surface area (Å²) >= 11 is 0. The molecular weight excluding hydrogens is 373 g/mol. The second-order valence-corrected chi connectivity index (χ2v) is 4.19. The van der Waals surface area contributed by atoms with Gasteiger partial charge in [0.25, 0.3) is 5.69 Å². The molecule has 3 rings (SSSR count). The Balaban J connectivity index is 0.00000147. The number of nitro groups is 1. The number of nitrogens with zero attached hydrogens (tertiary/aromatic N) is 3. The Kier molecular flexibility index (Phi) is 3.98. The van der Waals surface area contributed by atoms with Crippen LogP contribution in [0.4, 0.5) is 5.69 Å². The lowest BCUT2D eigenvalue weighted by molar-refractivity contribution is -0.671. The third-order valence-electron chi connectivity index (χ3n) is 2.77. The van der Waals surface area contributed by atoms with Gasteiger partial charge in [0.1, 0.15) is 18.1 Å². The average Bonchev–Trinajstić information content (AvgIpc) is 2.81. The monoisotopic (exact) mass is 383 g/mol. The van der Waals surface area contributed by atoms with Gasteiger partial charge >= 0.3 is 0 Å². The second kappa shape index (κ2) is 5.53. The van der Waals surface area contributed by atoms with Gasteiger partial charge in [-0.3, -0.25) is 10.1 Å². The molecule has 2 aromatic heterocycles. The van der Waals surface area contributed by atoms with Gasteiger partial charge in [0.2, 0.25) is 5.89 Å². The third kappa shape index (κ3) is 2.62. The fourth-order valence-corrected chi connectivity index (χ4v) is 1.86. The highest BCUT2D eigenvalue weighted by atomic mass is 127. The summed E-state index contributed by atoms with van der Waals surface area (Å²) < 4.78 is 7.45. The number of non-ortho nitro benzene ring substituents is 1. The van der Waals surface area contributed by atoms with Crippen molar-refractivity contribution >= 4 is 16.8 Å². The van der Waals surface area contributed by atoms with E-state index in [1.54, 1.807) is 6.07 Å². The van der Waals surface area contributed by atoms with Crippen LogP contribution in [0.1, 0.15) is 0 Å². The first kappa shape index (κ1) is 14.4. The predicted octanol–water partition coefficient (Wildman–Crippen LogP) is -0.769. The summed E-state index contributed by atoms with van der Waals surface area (Å²) in [6, 6.07) is 8.14. The fourth-order valence-electron chi connectivity index (χ4n) is 1.86. The van der Waals surface area contributed by atoms with Crippen LogP contribution in [0.25, 0.3) is 22.6 Å². The smallest absolute Gasteiger partial charge is 0.273 e. The Bertz CT molecular complexity index is 785. The van der Waals surface area contributed by atoms with E-state index in [0.717, 1.165) is 5.56 Å². The van der Waals surface area contributed by atoms with E-state index < -0.39 is 4.92 Å². The van der Waals surface area contributed by atoms with E-state index in [-0.39, 0.29) is 29.7 Å². The number of nitro benzene ring substituents is 1. The summed E-state index contributed by atoms with van der Waals surface area (Å²) in [7, 11) is 1.90. The molecule has 0 N–H and O–H groups in total. The molecule has 0 aliphatic rings. The van der Waals surface area contributed by atoms with Crippen molar-refractivity contribution in [3.05, 3.63) is 52.8 Å². The van der Waals surface area contributed by atoms with Crippen molar-refractivity contribution in [3.8, 4) is 11.5 Å². The number of pyridine rings is 1. The zero-order valence-corrected chi connectivity index (χ0v) is 12.6. The molecule has 102 valence electrons. The van der Waals surface area contributed by atoms with Crippen LogP contribution >= 0.6 is 0 Å². The van der Waals surface area contributed by atoms with Gasteiger partial charge in [-0.2, -0.15) is 0 Å². The van der Waals surface area contributed by atoms with Gasteiger partial charge in [0.15, 0.2) is 18.0 Å². The van der Waals surface area contributed by atoms with E-state index in [9.17, 15) is 10.1 Å². The highest BCUT2D eigenvalue weighted by Gasteiger charge is 2.14. The lowest BCUT2D eigenvalue weighted by atomic mass is 10.3. The Morgan fingerprint density at radius 2 is 2.15 bits per heavy atom. The van der Waals surface area contributed by atoms with E-state index in [0.29, 0.717) is 17.0 Å². The highest BCUT2D eigenvalue weighted by molar-refractivity contribution is 5.78. The van der Waals surface area contributed by atoms with Crippen LogP contribution in [-0.4, -0.2) is 9.91 Å². The maximum absolute atomic E-state index is 10.7. The van der Waals surface area contributed by atoms with Crippen LogP contribution in [0.3, 0.4) is 0 Å². The summed E-state index contributed by atoms with van der Waals surface area (Å²) in [5.41, 5.74) is 1.83. The van der Waals surface area contributed by atoms with Crippen LogP contribution in [0.5, 0.6) is 0 Å². The minimum atomic E-state index is -0.454. The molecular formula is C13H10IN3O3. The minimum Gasteiger partial charge on any atom is -1.00 e. The summed E-state index contributed by atoms with van der Waals surface area (Å²) in [4.78, 5) is 14.6. The van der Waals surface area contributed by atoms with Gasteiger partial charge in [-0.1, -0.05) is 0 Å². The normalized spacial score (nSPS) is 10.2. The van der Waals surface area contributed by atoms with Gasteiger partial charge in [-0.25, -0.2) is 9.55 Å². The summed E-state index contributed by atoms with van der Waals surface area (Å²) in [5, 5.41) is 10.7. The maximum Gasteiger partial charge on any atom is 0.273 e. The number of aryl methyl sites for hydroxylation is 1. The first-order valence-corrected chi connectivity index (χ1v) is 5.64. The zero-order chi connectivity index (χ0) is 13.4. The van der Waals surface area contributed by atoms with Crippen molar-refractivity contribution in [2.24, 2.45) is 7.05 Å². The quantitative estimate of drug-likeness (QED) is 0.252. The van der Waals surface area contributed by atoms with Gasteiger partial charge in [0, 0.05) is 12.1 Å². The van der Waals surface area contributed by atoms with Crippen LogP contribution in [0, 0.1) is 10.1 Å². The molecule has 20 heavy (non-hydrogen) atoms. The standard InChI is InChI=1S/C13H10N3O3.HI/c1-15-6-2-3-9(8-15)13-14-11-5-4-10(16(17)18)7-12(11)19-13;/h2-8H,1H3;1H/q+1;/p-1. The number of halogens is 1. The molecule has 0 amide bonds. The number of fused-ring (bicyclic) bond motifs is 1. The first-order valence-electron chi connectivity index (χ1n) is 5.64. The molecule has 6 nitrogen and oxygen atoms in total. The van der Waals surface area contributed by atoms with Gasteiger partial charge in [-0.15, -0.1) is 0 Å². The lowest BCUT2D eigenvalue weighted by Gasteiger charge is -1.91. The molecule has 0 aliphatic heterocycles. The molecule has 7 heteroatoms. The summed E-state index contributed by atoms with van der Waals surface area (Å²) in [5.74, 6) is 0.451. The fraction of sp³-hybridized carbons (Fsp3) is 0.0769. The Morgan fingerprint density at radius 1 is 1.35 bits per heavy atom. The molecule has 0 radical (unpaired) electrons. The maximum atomic E-state index is 10.7. The van der Waals surface area contributed by atoms with Crippen LogP contribution in [-0.2, 0) is 7.05 Å². The Hall–Kier alpha value is -2.03. The minimum absolute atomic E-state index is 0. The number of aromatic nitrogens is 2.